The standard InChI is InChI=1S/C28H38N4O3/c1-5-6-7-9-19-17-22-24(20-16-18(2)10-11-21(20)28(3,4)35-22)25(33)23(19)26(34)29-14-15-32-27-30-12-8-13-31-27/h8,12-13,16-17,20-21,33H,5-7,9-11,14-15H2,1-4H3,(H,29,34)(H,30,31,32)/t20-,21-/m1/s1. The van der Waals surface area contributed by atoms with Gasteiger partial charge in [0, 0.05) is 42.9 Å². The van der Waals surface area contributed by atoms with Crippen LogP contribution in [0, 0.1) is 5.92 Å². The highest BCUT2D eigenvalue weighted by Gasteiger charge is 2.46. The SMILES string of the molecule is CCCCCc1cc2c(c(O)c1C(=O)NCCNc1ncccn1)[C@@H]1C=C(C)CC[C@H]1C(C)(C)O2. The van der Waals surface area contributed by atoms with Gasteiger partial charge in [-0.3, -0.25) is 4.79 Å². The number of aromatic nitrogens is 2. The number of allylic oxidation sites excluding steroid dienone is 2. The number of unbranched alkanes of at least 4 members (excludes halogenated alkanes) is 2. The van der Waals surface area contributed by atoms with E-state index in [0.717, 1.165) is 49.7 Å². The Morgan fingerprint density at radius 2 is 2.00 bits per heavy atom. The minimum Gasteiger partial charge on any atom is -0.507 e. The fourth-order valence-corrected chi connectivity index (χ4v) is 5.46. The second-order valence-electron chi connectivity index (χ2n) is 10.3. The van der Waals surface area contributed by atoms with Crippen molar-refractivity contribution in [2.24, 2.45) is 5.92 Å². The first-order chi connectivity index (χ1) is 16.8. The van der Waals surface area contributed by atoms with E-state index < -0.39 is 0 Å². The number of hydrogen-bond acceptors (Lipinski definition) is 6. The smallest absolute Gasteiger partial charge is 0.255 e. The summed E-state index contributed by atoms with van der Waals surface area (Å²) in [6.07, 6.45) is 11.5. The Morgan fingerprint density at radius 3 is 2.74 bits per heavy atom. The van der Waals surface area contributed by atoms with Gasteiger partial charge in [-0.25, -0.2) is 9.97 Å². The molecular weight excluding hydrogens is 440 g/mol. The van der Waals surface area contributed by atoms with E-state index in [2.05, 4.69) is 54.4 Å². The highest BCUT2D eigenvalue weighted by molar-refractivity contribution is 5.99. The Morgan fingerprint density at radius 1 is 1.23 bits per heavy atom. The number of aromatic hydroxyl groups is 1. The van der Waals surface area contributed by atoms with Gasteiger partial charge in [-0.15, -0.1) is 0 Å². The molecule has 7 heteroatoms. The van der Waals surface area contributed by atoms with Gasteiger partial charge in [-0.1, -0.05) is 31.4 Å². The number of nitrogens with zero attached hydrogens (tertiary/aromatic N) is 2. The van der Waals surface area contributed by atoms with Crippen LogP contribution in [0.3, 0.4) is 0 Å². The van der Waals surface area contributed by atoms with E-state index in [4.69, 9.17) is 4.74 Å². The zero-order valence-corrected chi connectivity index (χ0v) is 21.4. The molecule has 0 bridgehead atoms. The monoisotopic (exact) mass is 478 g/mol. The van der Waals surface area contributed by atoms with Gasteiger partial charge in [0.05, 0.1) is 5.56 Å². The summed E-state index contributed by atoms with van der Waals surface area (Å²) in [4.78, 5) is 21.6. The van der Waals surface area contributed by atoms with Crippen LogP contribution in [0.15, 0.2) is 36.2 Å². The lowest BCUT2D eigenvalue weighted by molar-refractivity contribution is 0.0107. The average molecular weight is 479 g/mol. The lowest BCUT2D eigenvalue weighted by Crippen LogP contribution is -2.45. The molecule has 188 valence electrons. The maximum atomic E-state index is 13.4. The molecule has 0 fully saturated rings. The highest BCUT2D eigenvalue weighted by atomic mass is 16.5. The summed E-state index contributed by atoms with van der Waals surface area (Å²) in [6, 6.07) is 3.76. The van der Waals surface area contributed by atoms with Crippen LogP contribution in [0.2, 0.25) is 0 Å². The summed E-state index contributed by atoms with van der Waals surface area (Å²) >= 11 is 0. The van der Waals surface area contributed by atoms with Crippen molar-refractivity contribution in [2.45, 2.75) is 77.7 Å². The minimum absolute atomic E-state index is 0.0376. The summed E-state index contributed by atoms with van der Waals surface area (Å²) in [7, 11) is 0. The van der Waals surface area contributed by atoms with Crippen LogP contribution in [0.5, 0.6) is 11.5 Å². The largest absolute Gasteiger partial charge is 0.507 e. The van der Waals surface area contributed by atoms with Gasteiger partial charge in [0.25, 0.3) is 5.91 Å². The molecule has 1 aliphatic carbocycles. The molecule has 1 aliphatic heterocycles. The van der Waals surface area contributed by atoms with Crippen molar-refractivity contribution in [2.75, 3.05) is 18.4 Å². The van der Waals surface area contributed by atoms with Crippen molar-refractivity contribution in [1.29, 1.82) is 0 Å². The van der Waals surface area contributed by atoms with E-state index in [1.807, 2.05) is 6.07 Å². The highest BCUT2D eigenvalue weighted by Crippen LogP contribution is 2.54. The molecule has 2 aliphatic rings. The lowest BCUT2D eigenvalue weighted by Gasteiger charge is -2.46. The number of aryl methyl sites for hydroxylation is 1. The van der Waals surface area contributed by atoms with Gasteiger partial charge in [0.15, 0.2) is 0 Å². The molecule has 1 amide bonds. The quantitative estimate of drug-likeness (QED) is 0.331. The predicted molar refractivity (Wildman–Crippen MR) is 138 cm³/mol. The van der Waals surface area contributed by atoms with Crippen LogP contribution in [0.1, 0.15) is 87.2 Å². The normalized spacial score (nSPS) is 20.2. The van der Waals surface area contributed by atoms with Gasteiger partial charge < -0.3 is 20.5 Å². The Hall–Kier alpha value is -3.09. The maximum absolute atomic E-state index is 13.4. The number of hydrogen-bond donors (Lipinski definition) is 3. The van der Waals surface area contributed by atoms with Crippen LogP contribution in [0.25, 0.3) is 0 Å². The number of phenols is 1. The van der Waals surface area contributed by atoms with Crippen LogP contribution >= 0.6 is 0 Å². The van der Waals surface area contributed by atoms with Crippen molar-refractivity contribution < 1.29 is 14.6 Å². The number of fused-ring (bicyclic) bond motifs is 3. The van der Waals surface area contributed by atoms with Crippen LogP contribution in [-0.2, 0) is 6.42 Å². The fraction of sp³-hybridized carbons (Fsp3) is 0.536. The van der Waals surface area contributed by atoms with Gasteiger partial charge in [0.2, 0.25) is 5.95 Å². The third-order valence-electron chi connectivity index (χ3n) is 7.27. The Balaban J connectivity index is 1.63. The molecule has 1 aromatic heterocycles. The number of carbonyl (C=O) groups is 1. The van der Waals surface area contributed by atoms with Crippen molar-refractivity contribution in [3.8, 4) is 11.5 Å². The Labute approximate surface area is 208 Å². The summed E-state index contributed by atoms with van der Waals surface area (Å²) < 4.78 is 6.49. The van der Waals surface area contributed by atoms with Gasteiger partial charge >= 0.3 is 0 Å². The third-order valence-corrected chi connectivity index (χ3v) is 7.27. The van der Waals surface area contributed by atoms with Crippen molar-refractivity contribution >= 4 is 11.9 Å². The fourth-order valence-electron chi connectivity index (χ4n) is 5.46. The molecular formula is C28H38N4O3. The molecule has 4 rings (SSSR count). The molecule has 1 aromatic carbocycles. The summed E-state index contributed by atoms with van der Waals surface area (Å²) in [5.74, 6) is 1.33. The molecule has 2 aromatic rings. The second-order valence-corrected chi connectivity index (χ2v) is 10.3. The van der Waals surface area contributed by atoms with Crippen LogP contribution in [-0.4, -0.2) is 39.7 Å². The molecule has 0 unspecified atom stereocenters. The van der Waals surface area contributed by atoms with E-state index in [0.29, 0.717) is 30.4 Å². The van der Waals surface area contributed by atoms with E-state index in [1.165, 1.54) is 5.57 Å². The average Bonchev–Trinajstić information content (AvgIpc) is 2.82. The molecule has 0 spiro atoms. The number of carbonyl (C=O) groups excluding carboxylic acids is 1. The lowest BCUT2D eigenvalue weighted by atomic mass is 9.67. The molecule has 7 nitrogen and oxygen atoms in total. The van der Waals surface area contributed by atoms with E-state index in [-0.39, 0.29) is 29.1 Å². The zero-order valence-electron chi connectivity index (χ0n) is 21.4. The number of benzene rings is 1. The minimum atomic E-state index is -0.336. The van der Waals surface area contributed by atoms with Crippen LogP contribution in [0.4, 0.5) is 5.95 Å². The van der Waals surface area contributed by atoms with Gasteiger partial charge in [-0.05, 0) is 64.2 Å². The van der Waals surface area contributed by atoms with Gasteiger partial charge in [0.1, 0.15) is 17.1 Å². The summed E-state index contributed by atoms with van der Waals surface area (Å²) in [5, 5.41) is 17.6. The molecule has 0 saturated carbocycles. The van der Waals surface area contributed by atoms with Crippen molar-refractivity contribution in [3.63, 3.8) is 0 Å². The number of phenolic OH excluding ortho intramolecular Hbond substituents is 1. The first-order valence-electron chi connectivity index (χ1n) is 12.9. The summed E-state index contributed by atoms with van der Waals surface area (Å²) in [5.41, 5.74) is 2.97. The van der Waals surface area contributed by atoms with E-state index >= 15 is 0 Å². The third kappa shape index (κ3) is 5.44. The topological polar surface area (TPSA) is 96.4 Å². The van der Waals surface area contributed by atoms with E-state index in [1.54, 1.807) is 18.5 Å². The Kier molecular flexibility index (Phi) is 7.63. The number of nitrogens with one attached hydrogen (secondary N) is 2. The first kappa shape index (κ1) is 25.0. The van der Waals surface area contributed by atoms with E-state index in [9.17, 15) is 9.90 Å². The Bertz CT molecular complexity index is 1080. The van der Waals surface area contributed by atoms with Crippen molar-refractivity contribution in [1.82, 2.24) is 15.3 Å². The predicted octanol–water partition coefficient (Wildman–Crippen LogP) is 5.37. The number of ether oxygens (including phenoxy) is 1. The molecule has 2 atom stereocenters. The summed E-state index contributed by atoms with van der Waals surface area (Å²) in [6.45, 7) is 9.45. The van der Waals surface area contributed by atoms with Crippen LogP contribution < -0.4 is 15.4 Å². The molecule has 2 heterocycles. The molecule has 35 heavy (non-hydrogen) atoms. The molecule has 3 N–H and O–H groups in total. The number of amides is 1. The maximum Gasteiger partial charge on any atom is 0.255 e. The first-order valence-corrected chi connectivity index (χ1v) is 12.9. The number of rotatable bonds is 9. The molecule has 0 saturated heterocycles. The van der Waals surface area contributed by atoms with Gasteiger partial charge in [-0.2, -0.15) is 0 Å². The zero-order chi connectivity index (χ0) is 25.0. The molecule has 0 radical (unpaired) electrons. The van der Waals surface area contributed by atoms with Crippen molar-refractivity contribution in [3.05, 3.63) is 52.9 Å². The second kappa shape index (κ2) is 10.7. The number of anilines is 1.